The number of nitrogens with zero attached hydrogens (tertiary/aromatic N) is 2. The molecule has 1 aliphatic carbocycles. The number of para-hydroxylation sites is 2. The molecule has 6 heteroatoms. The third-order valence-corrected chi connectivity index (χ3v) is 3.12. The number of benzene rings is 1. The van der Waals surface area contributed by atoms with Gasteiger partial charge in [0.2, 0.25) is 0 Å². The molecule has 0 unspecified atom stereocenters. The number of aromatic nitrogens is 2. The molecule has 0 atom stereocenters. The standard InChI is InChI=1S/C14H15F2N3O/c15-14(16)20-13-4-2-1-3-12(13)19-8-7-11(18-19)9-17-10-5-6-10/h1-4,7-8,10,14,17H,5-6,9H2. The molecule has 0 bridgehead atoms. The lowest BCUT2D eigenvalue weighted by molar-refractivity contribution is -0.0499. The Morgan fingerprint density at radius 3 is 2.85 bits per heavy atom. The number of halogens is 2. The number of hydrogen-bond donors (Lipinski definition) is 1. The van der Waals surface area contributed by atoms with Crippen LogP contribution in [0.3, 0.4) is 0 Å². The third kappa shape index (κ3) is 3.14. The first kappa shape index (κ1) is 13.1. The molecule has 0 aliphatic heterocycles. The highest BCUT2D eigenvalue weighted by atomic mass is 19.3. The molecule has 1 saturated carbocycles. The van der Waals surface area contributed by atoms with Crippen LogP contribution in [-0.2, 0) is 6.54 Å². The summed E-state index contributed by atoms with van der Waals surface area (Å²) in [5.41, 5.74) is 1.38. The second-order valence-electron chi connectivity index (χ2n) is 4.75. The quantitative estimate of drug-likeness (QED) is 0.883. The van der Waals surface area contributed by atoms with Gasteiger partial charge in [0.15, 0.2) is 5.75 Å². The van der Waals surface area contributed by atoms with Gasteiger partial charge in [0.25, 0.3) is 0 Å². The molecule has 1 aromatic heterocycles. The Balaban J connectivity index is 1.77. The molecule has 0 radical (unpaired) electrons. The molecular weight excluding hydrogens is 264 g/mol. The predicted molar refractivity (Wildman–Crippen MR) is 70.1 cm³/mol. The number of hydrogen-bond acceptors (Lipinski definition) is 3. The van der Waals surface area contributed by atoms with E-state index in [1.807, 2.05) is 6.07 Å². The van der Waals surface area contributed by atoms with Gasteiger partial charge in [-0.1, -0.05) is 12.1 Å². The van der Waals surface area contributed by atoms with Crippen molar-refractivity contribution in [2.75, 3.05) is 0 Å². The first-order chi connectivity index (χ1) is 9.72. The van der Waals surface area contributed by atoms with Crippen LogP contribution >= 0.6 is 0 Å². The van der Waals surface area contributed by atoms with E-state index in [-0.39, 0.29) is 5.75 Å². The van der Waals surface area contributed by atoms with Crippen molar-refractivity contribution in [1.82, 2.24) is 15.1 Å². The lowest BCUT2D eigenvalue weighted by Gasteiger charge is -2.10. The van der Waals surface area contributed by atoms with E-state index in [1.165, 1.54) is 18.9 Å². The fraction of sp³-hybridized carbons (Fsp3) is 0.357. The van der Waals surface area contributed by atoms with E-state index in [9.17, 15) is 8.78 Å². The SMILES string of the molecule is FC(F)Oc1ccccc1-n1ccc(CNC2CC2)n1. The maximum atomic E-state index is 12.4. The van der Waals surface area contributed by atoms with Crippen LogP contribution < -0.4 is 10.1 Å². The molecule has 2 aromatic rings. The molecule has 4 nitrogen and oxygen atoms in total. The van der Waals surface area contributed by atoms with Crippen molar-refractivity contribution in [3.8, 4) is 11.4 Å². The normalized spacial score (nSPS) is 14.8. The summed E-state index contributed by atoms with van der Waals surface area (Å²) in [6, 6.07) is 9.09. The Bertz CT molecular complexity index is 581. The number of ether oxygens (including phenoxy) is 1. The van der Waals surface area contributed by atoms with E-state index in [1.54, 1.807) is 29.1 Å². The fourth-order valence-corrected chi connectivity index (χ4v) is 1.97. The predicted octanol–water partition coefficient (Wildman–Crippen LogP) is 2.73. The van der Waals surface area contributed by atoms with Gasteiger partial charge >= 0.3 is 6.61 Å². The maximum absolute atomic E-state index is 12.4. The summed E-state index contributed by atoms with van der Waals surface area (Å²) in [6.07, 6.45) is 4.18. The van der Waals surface area contributed by atoms with Gasteiger partial charge in [-0.15, -0.1) is 0 Å². The van der Waals surface area contributed by atoms with Crippen molar-refractivity contribution >= 4 is 0 Å². The van der Waals surface area contributed by atoms with Gasteiger partial charge in [0, 0.05) is 18.8 Å². The Morgan fingerprint density at radius 1 is 1.30 bits per heavy atom. The van der Waals surface area contributed by atoms with Gasteiger partial charge in [-0.25, -0.2) is 4.68 Å². The molecule has 1 N–H and O–H groups in total. The van der Waals surface area contributed by atoms with Crippen molar-refractivity contribution in [2.45, 2.75) is 32.0 Å². The molecule has 1 aromatic carbocycles. The second kappa shape index (κ2) is 5.58. The van der Waals surface area contributed by atoms with Crippen molar-refractivity contribution in [1.29, 1.82) is 0 Å². The summed E-state index contributed by atoms with van der Waals surface area (Å²) >= 11 is 0. The smallest absolute Gasteiger partial charge is 0.387 e. The van der Waals surface area contributed by atoms with E-state index < -0.39 is 6.61 Å². The maximum Gasteiger partial charge on any atom is 0.387 e. The highest BCUT2D eigenvalue weighted by Gasteiger charge is 2.20. The molecule has 1 heterocycles. The molecule has 106 valence electrons. The highest BCUT2D eigenvalue weighted by molar-refractivity contribution is 5.46. The lowest BCUT2D eigenvalue weighted by atomic mass is 10.3. The van der Waals surface area contributed by atoms with Gasteiger partial charge < -0.3 is 10.1 Å². The molecule has 1 fully saturated rings. The van der Waals surface area contributed by atoms with E-state index in [4.69, 9.17) is 0 Å². The zero-order valence-corrected chi connectivity index (χ0v) is 10.8. The first-order valence-corrected chi connectivity index (χ1v) is 6.54. The van der Waals surface area contributed by atoms with Gasteiger partial charge in [-0.05, 0) is 31.0 Å². The summed E-state index contributed by atoms with van der Waals surface area (Å²) in [5.74, 6) is 0.118. The van der Waals surface area contributed by atoms with E-state index in [2.05, 4.69) is 15.2 Å². The Hall–Kier alpha value is -1.95. The average Bonchev–Trinajstić information content (AvgIpc) is 3.14. The summed E-state index contributed by atoms with van der Waals surface area (Å²) in [6.45, 7) is -2.15. The van der Waals surface area contributed by atoms with Crippen LogP contribution in [0.4, 0.5) is 8.78 Å². The summed E-state index contributed by atoms with van der Waals surface area (Å²) < 4.78 is 30.8. The fourth-order valence-electron chi connectivity index (χ4n) is 1.97. The number of nitrogens with one attached hydrogen (secondary N) is 1. The van der Waals surface area contributed by atoms with Gasteiger partial charge in [0.05, 0.1) is 5.69 Å². The zero-order chi connectivity index (χ0) is 13.9. The summed E-state index contributed by atoms with van der Waals surface area (Å²) in [4.78, 5) is 0. The average molecular weight is 279 g/mol. The third-order valence-electron chi connectivity index (χ3n) is 3.12. The van der Waals surface area contributed by atoms with Crippen LogP contribution in [-0.4, -0.2) is 22.4 Å². The minimum absolute atomic E-state index is 0.118. The molecule has 20 heavy (non-hydrogen) atoms. The van der Waals surface area contributed by atoms with Crippen LogP contribution in [0.1, 0.15) is 18.5 Å². The van der Waals surface area contributed by atoms with Crippen molar-refractivity contribution in [3.05, 3.63) is 42.2 Å². The van der Waals surface area contributed by atoms with Gasteiger partial charge in [-0.2, -0.15) is 13.9 Å². The lowest BCUT2D eigenvalue weighted by Crippen LogP contribution is -2.15. The molecule has 3 rings (SSSR count). The minimum Gasteiger partial charge on any atom is -0.433 e. The molecule has 0 amide bonds. The largest absolute Gasteiger partial charge is 0.433 e. The highest BCUT2D eigenvalue weighted by Crippen LogP contribution is 2.24. The topological polar surface area (TPSA) is 39.1 Å². The van der Waals surface area contributed by atoms with Crippen molar-refractivity contribution < 1.29 is 13.5 Å². The summed E-state index contributed by atoms with van der Waals surface area (Å²) in [7, 11) is 0. The first-order valence-electron chi connectivity index (χ1n) is 6.54. The van der Waals surface area contributed by atoms with Crippen molar-refractivity contribution in [2.24, 2.45) is 0 Å². The molecule has 0 spiro atoms. The van der Waals surface area contributed by atoms with Crippen molar-refractivity contribution in [3.63, 3.8) is 0 Å². The van der Waals surface area contributed by atoms with Crippen LogP contribution in [0.2, 0.25) is 0 Å². The van der Waals surface area contributed by atoms with Gasteiger partial charge in [0.1, 0.15) is 5.69 Å². The molecule has 1 aliphatic rings. The monoisotopic (exact) mass is 279 g/mol. The molecular formula is C14H15F2N3O. The van der Waals surface area contributed by atoms with Crippen LogP contribution in [0.15, 0.2) is 36.5 Å². The minimum atomic E-state index is -2.84. The second-order valence-corrected chi connectivity index (χ2v) is 4.75. The van der Waals surface area contributed by atoms with Crippen LogP contribution in [0.5, 0.6) is 5.75 Å². The Labute approximate surface area is 115 Å². The number of rotatable bonds is 6. The Morgan fingerprint density at radius 2 is 2.10 bits per heavy atom. The van der Waals surface area contributed by atoms with E-state index in [0.717, 1.165) is 5.69 Å². The Kier molecular flexibility index (Phi) is 3.64. The van der Waals surface area contributed by atoms with E-state index in [0.29, 0.717) is 18.3 Å². The van der Waals surface area contributed by atoms with E-state index >= 15 is 0 Å². The van der Waals surface area contributed by atoms with Crippen LogP contribution in [0.25, 0.3) is 5.69 Å². The van der Waals surface area contributed by atoms with Crippen LogP contribution in [0, 0.1) is 0 Å². The van der Waals surface area contributed by atoms with Gasteiger partial charge in [-0.3, -0.25) is 0 Å². The molecule has 0 saturated heterocycles. The summed E-state index contributed by atoms with van der Waals surface area (Å²) in [5, 5.41) is 7.73. The zero-order valence-electron chi connectivity index (χ0n) is 10.8. The number of alkyl halides is 2.